The Morgan fingerprint density at radius 2 is 1.91 bits per heavy atom. The van der Waals surface area contributed by atoms with Crippen LogP contribution in [0.2, 0.25) is 5.02 Å². The molecular weight excluding hydrogens is 200 g/mol. The molecule has 0 fully saturated rings. The lowest BCUT2D eigenvalue weighted by Gasteiger charge is -1.94. The number of hydrogen-bond acceptors (Lipinski definition) is 2. The number of thiol groups is 1. The van der Waals surface area contributed by atoms with Crippen molar-refractivity contribution >= 4 is 40.4 Å². The zero-order valence-electron chi connectivity index (χ0n) is 5.45. The fourth-order valence-corrected chi connectivity index (χ4v) is 1.52. The maximum atomic E-state index is 10.5. The molecule has 0 N–H and O–H groups in total. The Balaban J connectivity index is 2.74. The number of halogens is 1. The van der Waals surface area contributed by atoms with E-state index in [4.69, 9.17) is 11.6 Å². The van der Waals surface area contributed by atoms with E-state index in [0.29, 0.717) is 5.02 Å². The molecule has 0 spiro atoms. The lowest BCUT2D eigenvalue weighted by Crippen LogP contribution is -1.74. The molecule has 0 saturated heterocycles. The second-order valence-corrected chi connectivity index (χ2v) is 4.01. The van der Waals surface area contributed by atoms with Crippen LogP contribution < -0.4 is 0 Å². The standard InChI is InChI=1S/C7H5ClOS2/c8-5-1-3-6(4-2-5)11-7(9)10/h1-4H,(H,9,10). The Hall–Kier alpha value is -0.120. The van der Waals surface area contributed by atoms with Crippen molar-refractivity contribution < 1.29 is 4.79 Å². The SMILES string of the molecule is O=C(S)Sc1ccc(Cl)cc1. The Kier molecular flexibility index (Phi) is 3.30. The summed E-state index contributed by atoms with van der Waals surface area (Å²) in [6.45, 7) is 0. The summed E-state index contributed by atoms with van der Waals surface area (Å²) in [7, 11) is 0. The molecule has 0 amide bonds. The van der Waals surface area contributed by atoms with Gasteiger partial charge in [-0.15, -0.1) is 0 Å². The topological polar surface area (TPSA) is 17.1 Å². The molecule has 0 unspecified atom stereocenters. The fraction of sp³-hybridized carbons (Fsp3) is 0. The van der Waals surface area contributed by atoms with Crippen LogP contribution in [0.15, 0.2) is 29.2 Å². The molecule has 58 valence electrons. The van der Waals surface area contributed by atoms with Crippen molar-refractivity contribution in [2.45, 2.75) is 4.90 Å². The van der Waals surface area contributed by atoms with Gasteiger partial charge in [-0.1, -0.05) is 24.2 Å². The van der Waals surface area contributed by atoms with Gasteiger partial charge in [0, 0.05) is 9.92 Å². The van der Waals surface area contributed by atoms with E-state index in [1.54, 1.807) is 24.3 Å². The number of carbonyl (C=O) groups is 1. The molecule has 0 saturated carbocycles. The molecule has 1 nitrogen and oxygen atoms in total. The third-order valence-electron chi connectivity index (χ3n) is 1.02. The van der Waals surface area contributed by atoms with Gasteiger partial charge in [-0.25, -0.2) is 0 Å². The molecule has 11 heavy (non-hydrogen) atoms. The molecule has 0 atom stereocenters. The van der Waals surface area contributed by atoms with Crippen LogP contribution in [-0.2, 0) is 0 Å². The monoisotopic (exact) mass is 204 g/mol. The Labute approximate surface area is 79.5 Å². The maximum absolute atomic E-state index is 10.5. The summed E-state index contributed by atoms with van der Waals surface area (Å²) in [5, 5.41) is 0.668. The normalized spacial score (nSPS) is 9.64. The van der Waals surface area contributed by atoms with Gasteiger partial charge in [0.2, 0.25) is 4.45 Å². The summed E-state index contributed by atoms with van der Waals surface area (Å²) < 4.78 is -0.215. The predicted molar refractivity (Wildman–Crippen MR) is 51.7 cm³/mol. The number of benzene rings is 1. The molecule has 4 heteroatoms. The van der Waals surface area contributed by atoms with Crippen molar-refractivity contribution in [1.29, 1.82) is 0 Å². The summed E-state index contributed by atoms with van der Waals surface area (Å²) in [6, 6.07) is 7.03. The molecular formula is C7H5ClOS2. The van der Waals surface area contributed by atoms with Gasteiger partial charge in [-0.2, -0.15) is 0 Å². The molecule has 0 radical (unpaired) electrons. The van der Waals surface area contributed by atoms with Crippen LogP contribution in [0.1, 0.15) is 0 Å². The first kappa shape index (κ1) is 8.97. The summed E-state index contributed by atoms with van der Waals surface area (Å²) in [6.07, 6.45) is 0. The maximum Gasteiger partial charge on any atom is 0.247 e. The highest BCUT2D eigenvalue weighted by atomic mass is 35.5. The summed E-state index contributed by atoms with van der Waals surface area (Å²) in [5.41, 5.74) is 0. The van der Waals surface area contributed by atoms with E-state index in [-0.39, 0.29) is 4.45 Å². The van der Waals surface area contributed by atoms with Crippen molar-refractivity contribution in [3.8, 4) is 0 Å². The van der Waals surface area contributed by atoms with Crippen LogP contribution in [0.4, 0.5) is 4.79 Å². The first-order chi connectivity index (χ1) is 5.18. The quantitative estimate of drug-likeness (QED) is 0.557. The minimum absolute atomic E-state index is 0.215. The molecule has 0 aliphatic rings. The first-order valence-electron chi connectivity index (χ1n) is 2.85. The van der Waals surface area contributed by atoms with E-state index >= 15 is 0 Å². The zero-order chi connectivity index (χ0) is 8.27. The third-order valence-corrected chi connectivity index (χ3v) is 2.23. The third kappa shape index (κ3) is 3.18. The smallest absolute Gasteiger partial charge is 0.247 e. The van der Waals surface area contributed by atoms with Gasteiger partial charge < -0.3 is 0 Å². The van der Waals surface area contributed by atoms with Crippen LogP contribution in [0.25, 0.3) is 0 Å². The van der Waals surface area contributed by atoms with Crippen LogP contribution in [-0.4, -0.2) is 4.45 Å². The predicted octanol–water partition coefficient (Wildman–Crippen LogP) is 3.48. The summed E-state index contributed by atoms with van der Waals surface area (Å²) >= 11 is 10.3. The van der Waals surface area contributed by atoms with Crippen molar-refractivity contribution in [3.63, 3.8) is 0 Å². The van der Waals surface area contributed by atoms with Gasteiger partial charge in [0.25, 0.3) is 0 Å². The van der Waals surface area contributed by atoms with Crippen molar-refractivity contribution in [3.05, 3.63) is 29.3 Å². The number of rotatable bonds is 1. The highest BCUT2D eigenvalue weighted by Gasteiger charge is 1.97. The average Bonchev–Trinajstić information content (AvgIpc) is 1.93. The van der Waals surface area contributed by atoms with Gasteiger partial charge in [0.15, 0.2) is 0 Å². The number of thioether (sulfide) groups is 1. The lowest BCUT2D eigenvalue weighted by molar-refractivity contribution is 0.277. The van der Waals surface area contributed by atoms with Crippen molar-refractivity contribution in [2.24, 2.45) is 0 Å². The fourth-order valence-electron chi connectivity index (χ4n) is 0.603. The van der Waals surface area contributed by atoms with E-state index in [9.17, 15) is 4.79 Å². The molecule has 1 rings (SSSR count). The minimum Gasteiger partial charge on any atom is -0.274 e. The number of hydrogen-bond donors (Lipinski definition) is 1. The van der Waals surface area contributed by atoms with Gasteiger partial charge in [-0.05, 0) is 36.0 Å². The van der Waals surface area contributed by atoms with Gasteiger partial charge >= 0.3 is 0 Å². The molecule has 0 aliphatic heterocycles. The number of carbonyl (C=O) groups excluding carboxylic acids is 1. The highest BCUT2D eigenvalue weighted by molar-refractivity contribution is 8.32. The van der Waals surface area contributed by atoms with Gasteiger partial charge in [0.1, 0.15) is 0 Å². The van der Waals surface area contributed by atoms with E-state index in [1.807, 2.05) is 0 Å². The lowest BCUT2D eigenvalue weighted by atomic mass is 10.4. The van der Waals surface area contributed by atoms with Crippen molar-refractivity contribution in [2.75, 3.05) is 0 Å². The van der Waals surface area contributed by atoms with Crippen molar-refractivity contribution in [1.82, 2.24) is 0 Å². The molecule has 1 aromatic rings. The highest BCUT2D eigenvalue weighted by Crippen LogP contribution is 2.22. The second kappa shape index (κ2) is 4.04. The van der Waals surface area contributed by atoms with Crippen LogP contribution in [0.5, 0.6) is 0 Å². The van der Waals surface area contributed by atoms with Crippen LogP contribution in [0.3, 0.4) is 0 Å². The molecule has 1 aromatic carbocycles. The van der Waals surface area contributed by atoms with Gasteiger partial charge in [-0.3, -0.25) is 4.79 Å². The average molecular weight is 205 g/mol. The Morgan fingerprint density at radius 3 is 2.36 bits per heavy atom. The van der Waals surface area contributed by atoms with E-state index in [1.165, 1.54) is 0 Å². The van der Waals surface area contributed by atoms with Crippen LogP contribution >= 0.6 is 36.0 Å². The van der Waals surface area contributed by atoms with Crippen LogP contribution in [0, 0.1) is 0 Å². The minimum atomic E-state index is -0.215. The zero-order valence-corrected chi connectivity index (χ0v) is 7.92. The Morgan fingerprint density at radius 1 is 1.36 bits per heavy atom. The Bertz CT molecular complexity index is 258. The molecule has 0 aromatic heterocycles. The summed E-state index contributed by atoms with van der Waals surface area (Å²) in [5.74, 6) is 0. The first-order valence-corrected chi connectivity index (χ1v) is 4.49. The molecule has 0 heterocycles. The van der Waals surface area contributed by atoms with Gasteiger partial charge in [0.05, 0.1) is 0 Å². The van der Waals surface area contributed by atoms with E-state index in [2.05, 4.69) is 12.6 Å². The molecule has 0 aliphatic carbocycles. The largest absolute Gasteiger partial charge is 0.274 e. The van der Waals surface area contributed by atoms with E-state index < -0.39 is 0 Å². The summed E-state index contributed by atoms with van der Waals surface area (Å²) in [4.78, 5) is 11.3. The second-order valence-electron chi connectivity index (χ2n) is 1.82. The molecule has 0 bridgehead atoms. The van der Waals surface area contributed by atoms with E-state index in [0.717, 1.165) is 16.7 Å².